The van der Waals surface area contributed by atoms with Gasteiger partial charge >= 0.3 is 5.97 Å². The van der Waals surface area contributed by atoms with Gasteiger partial charge in [0.05, 0.1) is 17.7 Å². The normalized spacial score (nSPS) is 21.4. The SMILES string of the molecule is CC[C@H]1CC[C@@](NC(=O)c2cncc(-c3ccc(OC)c(Cl)c3)c2)(C(=O)O)CC1. The molecule has 3 rings (SSSR count). The Bertz CT molecular complexity index is 907. The molecule has 0 atom stereocenters. The maximum Gasteiger partial charge on any atom is 0.329 e. The van der Waals surface area contributed by atoms with Gasteiger partial charge in [0.2, 0.25) is 0 Å². The first-order chi connectivity index (χ1) is 13.9. The third-order valence-corrected chi connectivity index (χ3v) is 6.08. The van der Waals surface area contributed by atoms with Crippen molar-refractivity contribution in [3.8, 4) is 16.9 Å². The number of hydrogen-bond acceptors (Lipinski definition) is 4. The van der Waals surface area contributed by atoms with Crippen LogP contribution in [0.25, 0.3) is 11.1 Å². The number of carboxylic acid groups (broad SMARTS) is 1. The van der Waals surface area contributed by atoms with Crippen LogP contribution in [0.5, 0.6) is 5.75 Å². The van der Waals surface area contributed by atoms with E-state index in [2.05, 4.69) is 17.2 Å². The smallest absolute Gasteiger partial charge is 0.329 e. The minimum absolute atomic E-state index is 0.313. The van der Waals surface area contributed by atoms with Gasteiger partial charge in [-0.05, 0) is 55.4 Å². The van der Waals surface area contributed by atoms with Crippen LogP contribution < -0.4 is 10.1 Å². The molecule has 1 heterocycles. The molecule has 0 bridgehead atoms. The number of pyridine rings is 1. The average Bonchev–Trinajstić information content (AvgIpc) is 2.74. The van der Waals surface area contributed by atoms with Gasteiger partial charge < -0.3 is 15.2 Å². The molecule has 154 valence electrons. The Morgan fingerprint density at radius 3 is 2.55 bits per heavy atom. The van der Waals surface area contributed by atoms with E-state index in [0.717, 1.165) is 24.8 Å². The monoisotopic (exact) mass is 416 g/mol. The number of benzene rings is 1. The van der Waals surface area contributed by atoms with Gasteiger partial charge in [-0.25, -0.2) is 4.79 Å². The van der Waals surface area contributed by atoms with E-state index in [1.54, 1.807) is 31.5 Å². The molecule has 0 aliphatic heterocycles. The van der Waals surface area contributed by atoms with E-state index >= 15 is 0 Å². The molecule has 0 radical (unpaired) electrons. The lowest BCUT2D eigenvalue weighted by Crippen LogP contribution is -2.56. The third-order valence-electron chi connectivity index (χ3n) is 5.78. The van der Waals surface area contributed by atoms with Crippen molar-refractivity contribution in [1.82, 2.24) is 10.3 Å². The van der Waals surface area contributed by atoms with Crippen molar-refractivity contribution in [1.29, 1.82) is 0 Å². The van der Waals surface area contributed by atoms with Crippen molar-refractivity contribution in [3.05, 3.63) is 47.2 Å². The maximum atomic E-state index is 12.9. The lowest BCUT2D eigenvalue weighted by atomic mass is 9.75. The molecule has 1 saturated carbocycles. The summed E-state index contributed by atoms with van der Waals surface area (Å²) in [5.74, 6) is -0.338. The first-order valence-electron chi connectivity index (χ1n) is 9.73. The van der Waals surface area contributed by atoms with E-state index < -0.39 is 17.4 Å². The van der Waals surface area contributed by atoms with Gasteiger partial charge in [0, 0.05) is 18.0 Å². The van der Waals surface area contributed by atoms with Crippen LogP contribution in [0, 0.1) is 5.92 Å². The fraction of sp³-hybridized carbons (Fsp3) is 0.409. The van der Waals surface area contributed by atoms with Crippen LogP contribution in [0.1, 0.15) is 49.4 Å². The summed E-state index contributed by atoms with van der Waals surface area (Å²) in [5, 5.41) is 13.0. The van der Waals surface area contributed by atoms with Crippen LogP contribution in [-0.2, 0) is 4.79 Å². The lowest BCUT2D eigenvalue weighted by Gasteiger charge is -2.37. The molecule has 2 aromatic rings. The molecule has 2 N–H and O–H groups in total. The summed E-state index contributed by atoms with van der Waals surface area (Å²) in [6.45, 7) is 2.11. The van der Waals surface area contributed by atoms with Crippen LogP contribution in [0.3, 0.4) is 0 Å². The van der Waals surface area contributed by atoms with Gasteiger partial charge in [-0.1, -0.05) is 31.0 Å². The predicted molar refractivity (Wildman–Crippen MR) is 111 cm³/mol. The number of nitrogens with one attached hydrogen (secondary N) is 1. The molecular weight excluding hydrogens is 392 g/mol. The summed E-state index contributed by atoms with van der Waals surface area (Å²) < 4.78 is 5.16. The van der Waals surface area contributed by atoms with E-state index in [-0.39, 0.29) is 0 Å². The number of methoxy groups -OCH3 is 1. The van der Waals surface area contributed by atoms with Crippen molar-refractivity contribution in [3.63, 3.8) is 0 Å². The van der Waals surface area contributed by atoms with E-state index in [0.29, 0.717) is 40.7 Å². The average molecular weight is 417 g/mol. The van der Waals surface area contributed by atoms with E-state index in [9.17, 15) is 14.7 Å². The summed E-state index contributed by atoms with van der Waals surface area (Å²) in [7, 11) is 1.54. The molecule has 1 aliphatic carbocycles. The number of amides is 1. The number of hydrogen-bond donors (Lipinski definition) is 2. The second-order valence-corrected chi connectivity index (χ2v) is 7.91. The number of halogens is 1. The molecular formula is C22H25ClN2O4. The van der Waals surface area contributed by atoms with E-state index in [1.807, 2.05) is 6.07 Å². The first-order valence-corrected chi connectivity index (χ1v) is 10.1. The highest BCUT2D eigenvalue weighted by Crippen LogP contribution is 2.34. The largest absolute Gasteiger partial charge is 0.495 e. The molecule has 0 spiro atoms. The Morgan fingerprint density at radius 2 is 1.97 bits per heavy atom. The molecule has 1 aromatic carbocycles. The van der Waals surface area contributed by atoms with Gasteiger partial charge in [-0.2, -0.15) is 0 Å². The summed E-state index contributed by atoms with van der Waals surface area (Å²) in [4.78, 5) is 29.0. The van der Waals surface area contributed by atoms with Crippen molar-refractivity contribution in [2.45, 2.75) is 44.6 Å². The molecule has 6 nitrogen and oxygen atoms in total. The molecule has 0 saturated heterocycles. The zero-order valence-corrected chi connectivity index (χ0v) is 17.3. The maximum absolute atomic E-state index is 12.9. The standard InChI is InChI=1S/C22H25ClN2O4/c1-3-14-6-8-22(9-7-14,21(27)28)25-20(26)17-10-16(12-24-13-17)15-4-5-19(29-2)18(23)11-15/h4-5,10-14H,3,6-9H2,1-2H3,(H,25,26)(H,27,28)/t14-,22-. The summed E-state index contributed by atoms with van der Waals surface area (Å²) in [5.41, 5.74) is 0.589. The van der Waals surface area contributed by atoms with Crippen LogP contribution in [0.15, 0.2) is 36.7 Å². The van der Waals surface area contributed by atoms with Crippen LogP contribution in [0.4, 0.5) is 0 Å². The van der Waals surface area contributed by atoms with E-state index in [1.165, 1.54) is 6.20 Å². The lowest BCUT2D eigenvalue weighted by molar-refractivity contribution is -0.146. The minimum atomic E-state index is -1.22. The molecule has 1 aliphatic rings. The van der Waals surface area contributed by atoms with Gasteiger partial charge in [0.25, 0.3) is 5.91 Å². The molecule has 1 aromatic heterocycles. The second-order valence-electron chi connectivity index (χ2n) is 7.50. The second kappa shape index (κ2) is 8.82. The van der Waals surface area contributed by atoms with Crippen LogP contribution in [0.2, 0.25) is 5.02 Å². The molecule has 1 amide bonds. The zero-order chi connectivity index (χ0) is 21.0. The number of aliphatic carboxylic acids is 1. The molecule has 1 fully saturated rings. The number of carbonyl (C=O) groups is 2. The van der Waals surface area contributed by atoms with E-state index in [4.69, 9.17) is 16.3 Å². The van der Waals surface area contributed by atoms with Crippen molar-refractivity contribution in [2.24, 2.45) is 5.92 Å². The summed E-state index contributed by atoms with van der Waals surface area (Å²) in [6.07, 6.45) is 6.57. The number of ether oxygens (including phenoxy) is 1. The number of rotatable bonds is 6. The molecule has 0 unspecified atom stereocenters. The summed E-state index contributed by atoms with van der Waals surface area (Å²) in [6, 6.07) is 7.00. The van der Waals surface area contributed by atoms with Gasteiger partial charge in [0.15, 0.2) is 0 Å². The Balaban J connectivity index is 1.82. The highest BCUT2D eigenvalue weighted by atomic mass is 35.5. The molecule has 7 heteroatoms. The first kappa shape index (κ1) is 21.1. The predicted octanol–water partition coefficient (Wildman–Crippen LogP) is 4.56. The number of aromatic nitrogens is 1. The molecule has 29 heavy (non-hydrogen) atoms. The highest BCUT2D eigenvalue weighted by molar-refractivity contribution is 6.32. The highest BCUT2D eigenvalue weighted by Gasteiger charge is 2.43. The quantitative estimate of drug-likeness (QED) is 0.720. The van der Waals surface area contributed by atoms with Gasteiger partial charge in [-0.3, -0.25) is 9.78 Å². The van der Waals surface area contributed by atoms with Crippen molar-refractivity contribution >= 4 is 23.5 Å². The van der Waals surface area contributed by atoms with Crippen molar-refractivity contribution in [2.75, 3.05) is 7.11 Å². The summed E-state index contributed by atoms with van der Waals surface area (Å²) >= 11 is 6.20. The van der Waals surface area contributed by atoms with Gasteiger partial charge in [0.1, 0.15) is 11.3 Å². The Hall–Kier alpha value is -2.60. The van der Waals surface area contributed by atoms with Gasteiger partial charge in [-0.15, -0.1) is 0 Å². The fourth-order valence-corrected chi connectivity index (χ4v) is 4.09. The fourth-order valence-electron chi connectivity index (χ4n) is 3.83. The van der Waals surface area contributed by atoms with Crippen molar-refractivity contribution < 1.29 is 19.4 Å². The minimum Gasteiger partial charge on any atom is -0.495 e. The zero-order valence-electron chi connectivity index (χ0n) is 16.6. The Morgan fingerprint density at radius 1 is 1.24 bits per heavy atom. The number of nitrogens with zero attached hydrogens (tertiary/aromatic N) is 1. The number of carbonyl (C=O) groups excluding carboxylic acids is 1. The Labute approximate surface area is 175 Å². The van der Waals surface area contributed by atoms with Crippen LogP contribution in [-0.4, -0.2) is 34.6 Å². The van der Waals surface area contributed by atoms with Crippen LogP contribution >= 0.6 is 11.6 Å². The number of carboxylic acids is 1. The third kappa shape index (κ3) is 4.53. The topological polar surface area (TPSA) is 88.5 Å². The Kier molecular flexibility index (Phi) is 6.42.